The molecule has 1 aliphatic carbocycles. The second-order valence-corrected chi connectivity index (χ2v) is 12.9. The molecule has 1 saturated carbocycles. The molecule has 1 aromatic heterocycles. The van der Waals surface area contributed by atoms with Crippen molar-refractivity contribution in [3.05, 3.63) is 89.5 Å². The lowest BCUT2D eigenvalue weighted by atomic mass is 9.96. The highest BCUT2D eigenvalue weighted by atomic mass is 32.2. The molecule has 1 heterocycles. The van der Waals surface area contributed by atoms with Crippen molar-refractivity contribution in [1.82, 2.24) is 9.29 Å². The van der Waals surface area contributed by atoms with E-state index in [-0.39, 0.29) is 16.8 Å². The molecule has 1 fully saturated rings. The van der Waals surface area contributed by atoms with Gasteiger partial charge < -0.3 is 0 Å². The van der Waals surface area contributed by atoms with E-state index in [4.69, 9.17) is 4.98 Å². The Morgan fingerprint density at radius 2 is 1.66 bits per heavy atom. The van der Waals surface area contributed by atoms with Gasteiger partial charge in [0.2, 0.25) is 10.0 Å². The summed E-state index contributed by atoms with van der Waals surface area (Å²) < 4.78 is 29.1. The zero-order valence-electron chi connectivity index (χ0n) is 21.8. The third-order valence-electron chi connectivity index (χ3n) is 7.38. The van der Waals surface area contributed by atoms with E-state index in [1.54, 1.807) is 36.2 Å². The normalized spacial score (nSPS) is 14.7. The van der Waals surface area contributed by atoms with E-state index in [1.807, 2.05) is 36.4 Å². The average Bonchev–Trinajstić information content (AvgIpc) is 3.39. The molecule has 0 saturated heterocycles. The van der Waals surface area contributed by atoms with Crippen molar-refractivity contribution in [2.45, 2.75) is 62.9 Å². The van der Waals surface area contributed by atoms with Crippen molar-refractivity contribution < 1.29 is 13.2 Å². The number of nitrogens with zero attached hydrogens (tertiary/aromatic N) is 3. The molecule has 0 N–H and O–H groups in total. The number of benzene rings is 3. The maximum absolute atomic E-state index is 13.8. The summed E-state index contributed by atoms with van der Waals surface area (Å²) in [4.78, 5) is 20.5. The van der Waals surface area contributed by atoms with Gasteiger partial charge >= 0.3 is 0 Å². The van der Waals surface area contributed by atoms with Gasteiger partial charge in [0.05, 0.1) is 21.7 Å². The molecule has 0 atom stereocenters. The van der Waals surface area contributed by atoms with Gasteiger partial charge in [-0.1, -0.05) is 73.9 Å². The highest BCUT2D eigenvalue weighted by Crippen LogP contribution is 2.32. The molecule has 0 aliphatic heterocycles. The van der Waals surface area contributed by atoms with Crippen molar-refractivity contribution in [2.24, 2.45) is 0 Å². The fraction of sp³-hybridized carbons (Fsp3) is 0.333. The van der Waals surface area contributed by atoms with Gasteiger partial charge in [0.15, 0.2) is 5.13 Å². The Morgan fingerprint density at radius 1 is 0.947 bits per heavy atom. The average molecular weight is 548 g/mol. The standard InChI is InChI=1S/C30H33N3O3S2/c1-3-22-14-19-27-28(20-22)37-30(31-27)33(21-23-10-6-4-7-11-23)29(34)24-15-17-26(18-16-24)38(35,36)32(2)25-12-8-5-9-13-25/h4,6-7,10-11,14-20,25H,3,5,8-9,12-13,21H2,1-2H3. The summed E-state index contributed by atoms with van der Waals surface area (Å²) in [6.07, 6.45) is 5.99. The second kappa shape index (κ2) is 11.4. The number of thiazole rings is 1. The van der Waals surface area contributed by atoms with Gasteiger partial charge in [-0.05, 0) is 66.8 Å². The van der Waals surface area contributed by atoms with E-state index < -0.39 is 10.0 Å². The van der Waals surface area contributed by atoms with Crippen molar-refractivity contribution in [3.8, 4) is 0 Å². The Balaban J connectivity index is 1.44. The number of aromatic nitrogens is 1. The lowest BCUT2D eigenvalue weighted by Crippen LogP contribution is -2.38. The first kappa shape index (κ1) is 26.5. The molecule has 5 rings (SSSR count). The van der Waals surface area contributed by atoms with Crippen LogP contribution in [0.5, 0.6) is 0 Å². The van der Waals surface area contributed by atoms with Gasteiger partial charge in [0.1, 0.15) is 0 Å². The number of carbonyl (C=O) groups excluding carboxylic acids is 1. The first-order valence-electron chi connectivity index (χ1n) is 13.2. The maximum Gasteiger partial charge on any atom is 0.260 e. The van der Waals surface area contributed by atoms with Crippen LogP contribution in [0.15, 0.2) is 77.7 Å². The van der Waals surface area contributed by atoms with Crippen LogP contribution >= 0.6 is 11.3 Å². The van der Waals surface area contributed by atoms with E-state index in [2.05, 4.69) is 19.1 Å². The van der Waals surface area contributed by atoms with Crippen LogP contribution in [0.1, 0.15) is 60.5 Å². The van der Waals surface area contributed by atoms with Crippen molar-refractivity contribution >= 4 is 42.6 Å². The molecular formula is C30H33N3O3S2. The first-order valence-corrected chi connectivity index (χ1v) is 15.5. The molecule has 198 valence electrons. The van der Waals surface area contributed by atoms with Crippen LogP contribution in [0.3, 0.4) is 0 Å². The molecule has 38 heavy (non-hydrogen) atoms. The van der Waals surface area contributed by atoms with Crippen LogP contribution in [0.25, 0.3) is 10.2 Å². The largest absolute Gasteiger partial charge is 0.279 e. The highest BCUT2D eigenvalue weighted by Gasteiger charge is 2.29. The number of rotatable bonds is 8. The first-order chi connectivity index (χ1) is 18.4. The highest BCUT2D eigenvalue weighted by molar-refractivity contribution is 7.89. The molecule has 0 unspecified atom stereocenters. The molecule has 0 spiro atoms. The number of fused-ring (bicyclic) bond motifs is 1. The summed E-state index contributed by atoms with van der Waals surface area (Å²) in [6, 6.07) is 22.4. The molecule has 8 heteroatoms. The summed E-state index contributed by atoms with van der Waals surface area (Å²) in [5, 5.41) is 0.621. The summed E-state index contributed by atoms with van der Waals surface area (Å²) >= 11 is 1.50. The van der Waals surface area contributed by atoms with E-state index in [0.717, 1.165) is 54.3 Å². The van der Waals surface area contributed by atoms with Gasteiger partial charge in [-0.25, -0.2) is 13.4 Å². The number of carbonyl (C=O) groups is 1. The molecule has 6 nitrogen and oxygen atoms in total. The summed E-state index contributed by atoms with van der Waals surface area (Å²) in [6.45, 7) is 2.48. The van der Waals surface area contributed by atoms with Gasteiger partial charge in [-0.2, -0.15) is 4.31 Å². The minimum Gasteiger partial charge on any atom is -0.279 e. The lowest BCUT2D eigenvalue weighted by Gasteiger charge is -2.30. The quantitative estimate of drug-likeness (QED) is 0.247. The Bertz CT molecular complexity index is 1510. The zero-order valence-corrected chi connectivity index (χ0v) is 23.5. The van der Waals surface area contributed by atoms with E-state index >= 15 is 0 Å². The maximum atomic E-state index is 13.8. The fourth-order valence-corrected chi connectivity index (χ4v) is 7.46. The monoisotopic (exact) mass is 547 g/mol. The molecule has 0 bridgehead atoms. The van der Waals surface area contributed by atoms with Gasteiger partial charge in [-0.15, -0.1) is 0 Å². The van der Waals surface area contributed by atoms with Crippen molar-refractivity contribution in [2.75, 3.05) is 11.9 Å². The number of aryl methyl sites for hydroxylation is 1. The molecule has 4 aromatic rings. The Labute approximate surface area is 229 Å². The third-order valence-corrected chi connectivity index (χ3v) is 10.3. The summed E-state index contributed by atoms with van der Waals surface area (Å²) in [5.41, 5.74) is 3.50. The minimum atomic E-state index is -3.63. The number of sulfonamides is 1. The van der Waals surface area contributed by atoms with E-state index in [1.165, 1.54) is 21.2 Å². The summed E-state index contributed by atoms with van der Waals surface area (Å²) in [5.74, 6) is -0.215. The molecular weight excluding hydrogens is 514 g/mol. The molecule has 1 aliphatic rings. The van der Waals surface area contributed by atoms with E-state index in [9.17, 15) is 13.2 Å². The van der Waals surface area contributed by atoms with Crippen LogP contribution < -0.4 is 4.90 Å². The fourth-order valence-electron chi connectivity index (χ4n) is 5.02. The Morgan fingerprint density at radius 3 is 2.34 bits per heavy atom. The van der Waals surface area contributed by atoms with E-state index in [0.29, 0.717) is 17.2 Å². The van der Waals surface area contributed by atoms with Crippen LogP contribution in [0.2, 0.25) is 0 Å². The van der Waals surface area contributed by atoms with Crippen LogP contribution in [0.4, 0.5) is 5.13 Å². The number of hydrogen-bond acceptors (Lipinski definition) is 5. The van der Waals surface area contributed by atoms with Crippen LogP contribution in [-0.2, 0) is 23.0 Å². The number of amides is 1. The SMILES string of the molecule is CCc1ccc2nc(N(Cc3ccccc3)C(=O)c3ccc(S(=O)(=O)N(C)C4CCCCC4)cc3)sc2c1. The predicted octanol–water partition coefficient (Wildman–Crippen LogP) is 6.66. The number of anilines is 1. The van der Waals surface area contributed by atoms with Crippen molar-refractivity contribution in [3.63, 3.8) is 0 Å². The van der Waals surface area contributed by atoms with Gasteiger partial charge in [-0.3, -0.25) is 9.69 Å². The molecule has 3 aromatic carbocycles. The smallest absolute Gasteiger partial charge is 0.260 e. The van der Waals surface area contributed by atoms with Crippen molar-refractivity contribution in [1.29, 1.82) is 0 Å². The predicted molar refractivity (Wildman–Crippen MR) is 154 cm³/mol. The lowest BCUT2D eigenvalue weighted by molar-refractivity contribution is 0.0985. The van der Waals surface area contributed by atoms with Gasteiger partial charge in [0, 0.05) is 18.7 Å². The second-order valence-electron chi connectivity index (χ2n) is 9.87. The number of hydrogen-bond donors (Lipinski definition) is 0. The minimum absolute atomic E-state index is 0.0312. The topological polar surface area (TPSA) is 70.6 Å². The van der Waals surface area contributed by atoms with Gasteiger partial charge in [0.25, 0.3) is 5.91 Å². The third kappa shape index (κ3) is 5.53. The van der Waals surface area contributed by atoms with Crippen LogP contribution in [0, 0.1) is 0 Å². The summed E-state index contributed by atoms with van der Waals surface area (Å²) in [7, 11) is -1.96. The Kier molecular flexibility index (Phi) is 7.93. The molecule has 1 amide bonds. The van der Waals surface area contributed by atoms with Crippen LogP contribution in [-0.4, -0.2) is 36.7 Å². The zero-order chi connectivity index (χ0) is 26.7. The molecule has 0 radical (unpaired) electrons. The Hall–Kier alpha value is -3.07.